The second kappa shape index (κ2) is 37.2. The third-order valence-corrected chi connectivity index (χ3v) is 10.6. The molecule has 0 atom stereocenters. The molecule has 8 aromatic carbocycles. The molecule has 0 aliphatic heterocycles. The normalized spacial score (nSPS) is 9.50. The molecule has 0 aromatic heterocycles. The van der Waals surface area contributed by atoms with E-state index >= 15 is 0 Å². The van der Waals surface area contributed by atoms with Crippen LogP contribution >= 0.6 is 27.5 Å². The zero-order valence-corrected chi connectivity index (χ0v) is 44.9. The molecule has 0 aliphatic rings. The van der Waals surface area contributed by atoms with E-state index < -0.39 is 0 Å². The summed E-state index contributed by atoms with van der Waals surface area (Å²) in [4.78, 5) is 0. The van der Waals surface area contributed by atoms with Crippen molar-refractivity contribution in [2.45, 2.75) is 0 Å². The molecule has 76 heavy (non-hydrogen) atoms. The molecule has 392 valence electrons. The summed E-state index contributed by atoms with van der Waals surface area (Å²) in [5.74, 6) is 4.54. The predicted octanol–water partition coefficient (Wildman–Crippen LogP) is 17.5. The van der Waals surface area contributed by atoms with Gasteiger partial charge in [-0.3, -0.25) is 0 Å². The van der Waals surface area contributed by atoms with Crippen molar-refractivity contribution in [2.75, 3.05) is 37.6 Å². The van der Waals surface area contributed by atoms with Crippen molar-refractivity contribution in [1.82, 2.24) is 0 Å². The van der Waals surface area contributed by atoms with Gasteiger partial charge in [-0.2, -0.15) is 0 Å². The standard InChI is InChI=1S/2C18H18O2.2C12H10O2.C3H5Br.C3H5Cl/c2*1-3-13-19-17-11-7-5-9-15(17)16-10-6-8-12-18(16)20-14-4-2;2*13-11-7-3-1-5-9(11)10-6-2-4-8-12(10)14;2*1-2-3-4/h2*3-12H,1-2,13-14H2;2*1-8,13-14H;2*2H,1,3H2. The van der Waals surface area contributed by atoms with Crippen LogP contribution in [-0.4, -0.2) is 58.1 Å². The maximum Gasteiger partial charge on any atom is 0.127 e. The molecular weight excluding hydrogens is 1040 g/mol. The molecule has 0 fully saturated rings. The van der Waals surface area contributed by atoms with E-state index in [-0.39, 0.29) is 23.0 Å². The van der Waals surface area contributed by atoms with Gasteiger partial charge in [0.25, 0.3) is 0 Å². The zero-order valence-electron chi connectivity index (χ0n) is 42.6. The van der Waals surface area contributed by atoms with Crippen LogP contribution in [0.5, 0.6) is 46.0 Å². The summed E-state index contributed by atoms with van der Waals surface area (Å²) >= 11 is 8.20. The Morgan fingerprint density at radius 2 is 0.474 bits per heavy atom. The van der Waals surface area contributed by atoms with Gasteiger partial charge in [-0.05, 0) is 48.5 Å². The number of benzene rings is 8. The Bertz CT molecular complexity index is 2610. The first kappa shape index (κ1) is 61.7. The Kier molecular flexibility index (Phi) is 30.1. The number of hydrogen-bond donors (Lipinski definition) is 4. The number of aromatic hydroxyl groups is 4. The molecule has 0 radical (unpaired) electrons. The minimum Gasteiger partial charge on any atom is -0.507 e. The third-order valence-electron chi connectivity index (χ3n) is 9.97. The van der Waals surface area contributed by atoms with Crippen LogP contribution in [0.3, 0.4) is 0 Å². The predicted molar refractivity (Wildman–Crippen MR) is 322 cm³/mol. The molecule has 8 nitrogen and oxygen atoms in total. The molecule has 0 unspecified atom stereocenters. The monoisotopic (exact) mass is 1100 g/mol. The Labute approximate surface area is 462 Å². The largest absolute Gasteiger partial charge is 0.507 e. The fraction of sp³-hybridized carbons (Fsp3) is 0.0909. The summed E-state index contributed by atoms with van der Waals surface area (Å²) in [6, 6.07) is 59.4. The van der Waals surface area contributed by atoms with E-state index in [4.69, 9.17) is 30.5 Å². The van der Waals surface area contributed by atoms with Crippen molar-refractivity contribution in [1.29, 1.82) is 0 Å². The van der Waals surface area contributed by atoms with E-state index in [0.29, 0.717) is 54.6 Å². The molecule has 0 aliphatic carbocycles. The summed E-state index contributed by atoms with van der Waals surface area (Å²) in [6.07, 6.45) is 10.4. The lowest BCUT2D eigenvalue weighted by Crippen LogP contribution is -1.98. The van der Waals surface area contributed by atoms with E-state index in [1.165, 1.54) is 0 Å². The lowest BCUT2D eigenvalue weighted by molar-refractivity contribution is 0.359. The van der Waals surface area contributed by atoms with Crippen LogP contribution in [0.15, 0.2) is 270 Å². The molecule has 0 saturated heterocycles. The van der Waals surface area contributed by atoms with Crippen LogP contribution in [-0.2, 0) is 0 Å². The molecule has 0 bridgehead atoms. The van der Waals surface area contributed by atoms with Crippen LogP contribution in [0.4, 0.5) is 0 Å². The first-order valence-corrected chi connectivity index (χ1v) is 25.6. The number of hydrogen-bond acceptors (Lipinski definition) is 8. The molecular formula is C66H66BrClO8. The second-order valence-electron chi connectivity index (χ2n) is 15.3. The van der Waals surface area contributed by atoms with Gasteiger partial charge in [0.2, 0.25) is 0 Å². The first-order chi connectivity index (χ1) is 37.1. The highest BCUT2D eigenvalue weighted by Gasteiger charge is 2.13. The SMILES string of the molecule is C=CCBr.C=CCCl.C=CCOc1ccccc1-c1ccccc1OCC=C.C=CCOc1ccccc1-c1ccccc1OCC=C.Oc1ccccc1-c1ccccc1O.Oc1ccccc1-c1ccccc1O. The average molecular weight is 1100 g/mol. The maximum absolute atomic E-state index is 9.58. The molecule has 0 heterocycles. The fourth-order valence-corrected chi connectivity index (χ4v) is 6.66. The second-order valence-corrected chi connectivity index (χ2v) is 16.3. The third kappa shape index (κ3) is 21.1. The highest BCUT2D eigenvalue weighted by atomic mass is 79.9. The van der Waals surface area contributed by atoms with Gasteiger partial charge in [-0.15, -0.1) is 24.8 Å². The van der Waals surface area contributed by atoms with Crippen LogP contribution < -0.4 is 18.9 Å². The number of ether oxygens (including phenoxy) is 4. The maximum atomic E-state index is 9.58. The van der Waals surface area contributed by atoms with Gasteiger partial charge in [-0.1, -0.05) is 224 Å². The zero-order chi connectivity index (χ0) is 55.2. The van der Waals surface area contributed by atoms with Crippen molar-refractivity contribution in [3.8, 4) is 90.5 Å². The van der Waals surface area contributed by atoms with Crippen molar-refractivity contribution < 1.29 is 39.4 Å². The van der Waals surface area contributed by atoms with E-state index in [2.05, 4.69) is 55.4 Å². The van der Waals surface area contributed by atoms with E-state index in [9.17, 15) is 20.4 Å². The van der Waals surface area contributed by atoms with Crippen molar-refractivity contribution in [3.05, 3.63) is 270 Å². The number of alkyl halides is 2. The highest BCUT2D eigenvalue weighted by Crippen LogP contribution is 2.39. The van der Waals surface area contributed by atoms with Crippen LogP contribution in [0, 0.1) is 0 Å². The summed E-state index contributed by atoms with van der Waals surface area (Å²) in [7, 11) is 0. The van der Waals surface area contributed by atoms with Gasteiger partial charge in [-0.25, -0.2) is 0 Å². The molecule has 0 amide bonds. The van der Waals surface area contributed by atoms with E-state index in [0.717, 1.165) is 50.6 Å². The number of halogens is 2. The smallest absolute Gasteiger partial charge is 0.127 e. The Morgan fingerprint density at radius 3 is 0.632 bits per heavy atom. The van der Waals surface area contributed by atoms with E-state index in [1.54, 1.807) is 109 Å². The Hall–Kier alpha value is -8.63. The van der Waals surface area contributed by atoms with Crippen LogP contribution in [0.1, 0.15) is 0 Å². The summed E-state index contributed by atoms with van der Waals surface area (Å²) in [6.45, 7) is 23.4. The molecule has 0 spiro atoms. The molecule has 8 rings (SSSR count). The number of phenols is 4. The lowest BCUT2D eigenvalue weighted by atomic mass is 10.0. The van der Waals surface area contributed by atoms with Crippen molar-refractivity contribution in [2.24, 2.45) is 0 Å². The minimum atomic E-state index is 0.175. The van der Waals surface area contributed by atoms with Gasteiger partial charge in [0.05, 0.1) is 0 Å². The summed E-state index contributed by atoms with van der Waals surface area (Å²) in [5, 5.41) is 39.2. The van der Waals surface area contributed by atoms with Crippen molar-refractivity contribution >= 4 is 27.5 Å². The Balaban J connectivity index is 0.000000257. The number of rotatable bonds is 18. The molecule has 0 saturated carbocycles. The first-order valence-electron chi connectivity index (χ1n) is 23.9. The minimum absolute atomic E-state index is 0.175. The summed E-state index contributed by atoms with van der Waals surface area (Å²) in [5.41, 5.74) is 6.61. The van der Waals surface area contributed by atoms with Gasteiger partial charge >= 0.3 is 0 Å². The quantitative estimate of drug-likeness (QED) is 0.0496. The molecule has 4 N–H and O–H groups in total. The van der Waals surface area contributed by atoms with Crippen molar-refractivity contribution in [3.63, 3.8) is 0 Å². The van der Waals surface area contributed by atoms with Crippen LogP contribution in [0.2, 0.25) is 0 Å². The number of phenolic OH excluding ortho intramolecular Hbond substituents is 4. The van der Waals surface area contributed by atoms with Gasteiger partial charge < -0.3 is 39.4 Å². The average Bonchev–Trinajstić information content (AvgIpc) is 3.47. The molecule has 10 heteroatoms. The van der Waals surface area contributed by atoms with Gasteiger partial charge in [0.1, 0.15) is 72.4 Å². The van der Waals surface area contributed by atoms with E-state index in [1.807, 2.05) is 121 Å². The topological polar surface area (TPSA) is 118 Å². The van der Waals surface area contributed by atoms with Gasteiger partial charge in [0, 0.05) is 55.7 Å². The summed E-state index contributed by atoms with van der Waals surface area (Å²) < 4.78 is 22.8. The number of allylic oxidation sites excluding steroid dienone is 2. The molecule has 8 aromatic rings. The number of para-hydroxylation sites is 8. The lowest BCUT2D eigenvalue weighted by Gasteiger charge is -2.14. The fourth-order valence-electron chi connectivity index (χ4n) is 6.66. The van der Waals surface area contributed by atoms with Gasteiger partial charge in [0.15, 0.2) is 0 Å². The Morgan fingerprint density at radius 1 is 0.303 bits per heavy atom. The van der Waals surface area contributed by atoms with Crippen LogP contribution in [0.25, 0.3) is 44.5 Å². The highest BCUT2D eigenvalue weighted by molar-refractivity contribution is 9.09.